The minimum atomic E-state index is 0.515. The molecule has 0 aromatic carbocycles. The second-order valence-corrected chi connectivity index (χ2v) is 3.62. The largest absolute Gasteiger partial charge is 0.293 e. The highest BCUT2D eigenvalue weighted by Crippen LogP contribution is 2.15. The summed E-state index contributed by atoms with van der Waals surface area (Å²) in [5, 5.41) is 0. The number of aliphatic imine (C=N–C) groups is 1. The van der Waals surface area contributed by atoms with Crippen molar-refractivity contribution in [3.8, 4) is 0 Å². The van der Waals surface area contributed by atoms with Gasteiger partial charge in [0.1, 0.15) is 0 Å². The molecule has 0 amide bonds. The Hall–Kier alpha value is -0.370. The third kappa shape index (κ3) is 3.02. The smallest absolute Gasteiger partial charge is 0.0363 e. The number of hydrogen-bond acceptors (Lipinski definition) is 1. The molecule has 0 aromatic heterocycles. The molecule has 0 aromatic rings. The van der Waals surface area contributed by atoms with Gasteiger partial charge in [-0.2, -0.15) is 0 Å². The minimum Gasteiger partial charge on any atom is -0.293 e. The fourth-order valence-electron chi connectivity index (χ4n) is 0.903. The van der Waals surface area contributed by atoms with Crippen molar-refractivity contribution < 1.29 is 0 Å². The molecule has 0 radical (unpaired) electrons. The van der Waals surface area contributed by atoms with Gasteiger partial charge in [0, 0.05) is 17.6 Å². The molecule has 0 aliphatic heterocycles. The van der Waals surface area contributed by atoms with E-state index in [-0.39, 0.29) is 0 Å². The minimum absolute atomic E-state index is 0.515. The summed E-state index contributed by atoms with van der Waals surface area (Å²) in [5.74, 6) is 0. The molecule has 0 bridgehead atoms. The van der Waals surface area contributed by atoms with Crippen LogP contribution in [0.15, 0.2) is 28.8 Å². The van der Waals surface area contributed by atoms with Crippen molar-refractivity contribution in [1.29, 1.82) is 0 Å². The van der Waals surface area contributed by atoms with E-state index in [4.69, 9.17) is 0 Å². The SMILES string of the molecule is CC/N=C/C1=CCC(Br)C=C1. The number of hydrogen-bond donors (Lipinski definition) is 0. The fraction of sp³-hybridized carbons (Fsp3) is 0.444. The molecule has 1 nitrogen and oxygen atoms in total. The lowest BCUT2D eigenvalue weighted by Crippen LogP contribution is -1.97. The van der Waals surface area contributed by atoms with Crippen LogP contribution in [0.4, 0.5) is 0 Å². The highest BCUT2D eigenvalue weighted by atomic mass is 79.9. The van der Waals surface area contributed by atoms with E-state index in [2.05, 4.69) is 39.2 Å². The quantitative estimate of drug-likeness (QED) is 0.495. The molecule has 11 heavy (non-hydrogen) atoms. The molecule has 1 aliphatic carbocycles. The van der Waals surface area contributed by atoms with Gasteiger partial charge in [-0.25, -0.2) is 0 Å². The zero-order valence-corrected chi connectivity index (χ0v) is 8.21. The maximum atomic E-state index is 4.16. The van der Waals surface area contributed by atoms with E-state index >= 15 is 0 Å². The fourth-order valence-corrected chi connectivity index (χ4v) is 1.24. The molecule has 1 aliphatic rings. The standard InChI is InChI=1S/C9H12BrN/c1-2-11-7-8-3-5-9(10)6-4-8/h3-5,7,9H,2,6H2,1H3/b11-7+. The Kier molecular flexibility index (Phi) is 3.57. The Balaban J connectivity index is 2.49. The first kappa shape index (κ1) is 8.72. The van der Waals surface area contributed by atoms with Gasteiger partial charge < -0.3 is 0 Å². The number of allylic oxidation sites excluding steroid dienone is 4. The van der Waals surface area contributed by atoms with Crippen molar-refractivity contribution in [2.24, 2.45) is 4.99 Å². The van der Waals surface area contributed by atoms with Crippen molar-refractivity contribution >= 4 is 22.1 Å². The molecular weight excluding hydrogens is 202 g/mol. The van der Waals surface area contributed by atoms with Gasteiger partial charge in [0.25, 0.3) is 0 Å². The normalized spacial score (nSPS) is 24.2. The third-order valence-corrected chi connectivity index (χ3v) is 2.18. The zero-order valence-electron chi connectivity index (χ0n) is 6.63. The molecule has 0 N–H and O–H groups in total. The van der Waals surface area contributed by atoms with Crippen LogP contribution in [0.5, 0.6) is 0 Å². The van der Waals surface area contributed by atoms with Crippen LogP contribution in [0, 0.1) is 0 Å². The molecule has 1 atom stereocenters. The lowest BCUT2D eigenvalue weighted by molar-refractivity contribution is 1.06. The van der Waals surface area contributed by atoms with Gasteiger partial charge in [-0.05, 0) is 18.9 Å². The highest BCUT2D eigenvalue weighted by Gasteiger charge is 2.01. The lowest BCUT2D eigenvalue weighted by atomic mass is 10.1. The van der Waals surface area contributed by atoms with Gasteiger partial charge in [-0.1, -0.05) is 34.2 Å². The van der Waals surface area contributed by atoms with Crippen molar-refractivity contribution in [3.05, 3.63) is 23.8 Å². The lowest BCUT2D eigenvalue weighted by Gasteiger charge is -2.06. The molecular formula is C9H12BrN. The monoisotopic (exact) mass is 213 g/mol. The topological polar surface area (TPSA) is 12.4 Å². The maximum absolute atomic E-state index is 4.16. The van der Waals surface area contributed by atoms with Gasteiger partial charge in [0.05, 0.1) is 0 Å². The molecule has 60 valence electrons. The first-order valence-corrected chi connectivity index (χ1v) is 4.76. The predicted molar refractivity (Wildman–Crippen MR) is 53.6 cm³/mol. The van der Waals surface area contributed by atoms with E-state index in [0.717, 1.165) is 13.0 Å². The molecule has 2 heteroatoms. The Bertz CT molecular complexity index is 200. The van der Waals surface area contributed by atoms with Crippen molar-refractivity contribution in [2.75, 3.05) is 6.54 Å². The predicted octanol–water partition coefficient (Wildman–Crippen LogP) is 2.73. The van der Waals surface area contributed by atoms with Gasteiger partial charge >= 0.3 is 0 Å². The second kappa shape index (κ2) is 4.50. The average molecular weight is 214 g/mol. The summed E-state index contributed by atoms with van der Waals surface area (Å²) in [6, 6.07) is 0. The Morgan fingerprint density at radius 1 is 1.82 bits per heavy atom. The van der Waals surface area contributed by atoms with E-state index in [0.29, 0.717) is 4.83 Å². The number of halogens is 1. The Morgan fingerprint density at radius 3 is 3.18 bits per heavy atom. The van der Waals surface area contributed by atoms with E-state index in [1.54, 1.807) is 0 Å². The van der Waals surface area contributed by atoms with Crippen LogP contribution in [-0.2, 0) is 0 Å². The number of rotatable bonds is 2. The summed E-state index contributed by atoms with van der Waals surface area (Å²) in [7, 11) is 0. The van der Waals surface area contributed by atoms with Crippen molar-refractivity contribution in [2.45, 2.75) is 18.2 Å². The van der Waals surface area contributed by atoms with Gasteiger partial charge in [-0.15, -0.1) is 0 Å². The molecule has 0 heterocycles. The van der Waals surface area contributed by atoms with E-state index in [9.17, 15) is 0 Å². The Labute approximate surface area is 76.0 Å². The van der Waals surface area contributed by atoms with Gasteiger partial charge in [0.15, 0.2) is 0 Å². The van der Waals surface area contributed by atoms with E-state index < -0.39 is 0 Å². The van der Waals surface area contributed by atoms with Crippen molar-refractivity contribution in [3.63, 3.8) is 0 Å². The first-order chi connectivity index (χ1) is 5.33. The second-order valence-electron chi connectivity index (χ2n) is 2.44. The molecule has 0 fully saturated rings. The maximum Gasteiger partial charge on any atom is 0.0363 e. The van der Waals surface area contributed by atoms with Crippen molar-refractivity contribution in [1.82, 2.24) is 0 Å². The molecule has 0 saturated heterocycles. The molecule has 0 spiro atoms. The summed E-state index contributed by atoms with van der Waals surface area (Å²) >= 11 is 3.51. The van der Waals surface area contributed by atoms with Crippen LogP contribution in [0.1, 0.15) is 13.3 Å². The highest BCUT2D eigenvalue weighted by molar-refractivity contribution is 9.09. The molecule has 0 saturated carbocycles. The molecule has 1 unspecified atom stereocenters. The number of alkyl halides is 1. The Morgan fingerprint density at radius 2 is 2.64 bits per heavy atom. The summed E-state index contributed by atoms with van der Waals surface area (Å²) < 4.78 is 0. The van der Waals surface area contributed by atoms with Crippen LogP contribution in [0.25, 0.3) is 0 Å². The summed E-state index contributed by atoms with van der Waals surface area (Å²) in [4.78, 5) is 4.68. The van der Waals surface area contributed by atoms with Crippen LogP contribution < -0.4 is 0 Å². The molecule has 1 rings (SSSR count). The van der Waals surface area contributed by atoms with Crippen LogP contribution in [0.3, 0.4) is 0 Å². The average Bonchev–Trinajstić information content (AvgIpc) is 2.04. The van der Waals surface area contributed by atoms with Gasteiger partial charge in [0.2, 0.25) is 0 Å². The van der Waals surface area contributed by atoms with Crippen LogP contribution >= 0.6 is 15.9 Å². The van der Waals surface area contributed by atoms with Crippen LogP contribution in [-0.4, -0.2) is 17.6 Å². The third-order valence-electron chi connectivity index (χ3n) is 1.50. The summed E-state index contributed by atoms with van der Waals surface area (Å²) in [6.07, 6.45) is 9.44. The summed E-state index contributed by atoms with van der Waals surface area (Å²) in [6.45, 7) is 2.90. The zero-order chi connectivity index (χ0) is 8.10. The van der Waals surface area contributed by atoms with Gasteiger partial charge in [-0.3, -0.25) is 4.99 Å². The summed E-state index contributed by atoms with van der Waals surface area (Å²) in [5.41, 5.74) is 1.22. The van der Waals surface area contributed by atoms with E-state index in [1.807, 2.05) is 13.1 Å². The van der Waals surface area contributed by atoms with Crippen LogP contribution in [0.2, 0.25) is 0 Å². The number of nitrogens with zero attached hydrogens (tertiary/aromatic N) is 1. The van der Waals surface area contributed by atoms with E-state index in [1.165, 1.54) is 5.57 Å². The first-order valence-electron chi connectivity index (χ1n) is 3.85.